The van der Waals surface area contributed by atoms with Gasteiger partial charge in [0.1, 0.15) is 6.10 Å². The van der Waals surface area contributed by atoms with Crippen LogP contribution in [0.15, 0.2) is 35.2 Å². The van der Waals surface area contributed by atoms with E-state index < -0.39 is 16.1 Å². The molecule has 140 valence electrons. The lowest BCUT2D eigenvalue weighted by molar-refractivity contribution is -0.128. The van der Waals surface area contributed by atoms with Crippen LogP contribution in [0.5, 0.6) is 0 Å². The zero-order valence-corrected chi connectivity index (χ0v) is 15.5. The quantitative estimate of drug-likeness (QED) is 0.722. The van der Waals surface area contributed by atoms with Gasteiger partial charge < -0.3 is 9.47 Å². The van der Waals surface area contributed by atoms with E-state index in [0.717, 1.165) is 17.8 Å². The van der Waals surface area contributed by atoms with E-state index in [4.69, 9.17) is 9.47 Å². The maximum absolute atomic E-state index is 12.4. The summed E-state index contributed by atoms with van der Waals surface area (Å²) in [6.45, 7) is 1.06. The van der Waals surface area contributed by atoms with Gasteiger partial charge in [0.05, 0.1) is 11.5 Å². The lowest BCUT2D eigenvalue weighted by Gasteiger charge is -2.18. The monoisotopic (exact) mass is 398 g/mol. The number of sulfonamides is 1. The van der Waals surface area contributed by atoms with Crippen LogP contribution in [-0.2, 0) is 24.3 Å². The molecule has 1 aliphatic rings. The Morgan fingerprint density at radius 1 is 1.31 bits per heavy atom. The number of hydrogen-bond acceptors (Lipinski definition) is 8. The molecule has 11 heteroatoms. The lowest BCUT2D eigenvalue weighted by Crippen LogP contribution is -2.36. The number of aromatic nitrogens is 2. The van der Waals surface area contributed by atoms with E-state index in [2.05, 4.69) is 20.2 Å². The molecule has 2 atom stereocenters. The highest BCUT2D eigenvalue weighted by Gasteiger charge is 2.32. The maximum Gasteiger partial charge on any atom is 0.263 e. The molecule has 2 aromatic rings. The molecule has 0 aliphatic carbocycles. The van der Waals surface area contributed by atoms with Gasteiger partial charge in [-0.25, -0.2) is 8.42 Å². The largest absolute Gasteiger partial charge is 0.381 e. The van der Waals surface area contributed by atoms with E-state index in [1.165, 1.54) is 19.2 Å². The number of nitrogens with zero attached hydrogens (tertiary/aromatic N) is 2. The summed E-state index contributed by atoms with van der Waals surface area (Å²) in [6, 6.07) is 7.91. The minimum atomic E-state index is -3.76. The molecular formula is C15H18N4O5S2. The van der Waals surface area contributed by atoms with Crippen LogP contribution in [0, 0.1) is 5.92 Å². The van der Waals surface area contributed by atoms with Crippen LogP contribution in [0.25, 0.3) is 0 Å². The lowest BCUT2D eigenvalue weighted by atomic mass is 10.0. The van der Waals surface area contributed by atoms with E-state index in [1.807, 2.05) is 0 Å². The van der Waals surface area contributed by atoms with Crippen molar-refractivity contribution in [2.45, 2.75) is 17.4 Å². The van der Waals surface area contributed by atoms with Crippen LogP contribution in [0.3, 0.4) is 0 Å². The van der Waals surface area contributed by atoms with Crippen molar-refractivity contribution in [2.24, 2.45) is 5.92 Å². The first-order valence-electron chi connectivity index (χ1n) is 7.82. The Morgan fingerprint density at radius 2 is 2.04 bits per heavy atom. The van der Waals surface area contributed by atoms with Crippen molar-refractivity contribution >= 4 is 37.5 Å². The van der Waals surface area contributed by atoms with Crippen LogP contribution < -0.4 is 10.0 Å². The fourth-order valence-electron chi connectivity index (χ4n) is 2.57. The van der Waals surface area contributed by atoms with E-state index in [9.17, 15) is 13.2 Å². The number of nitrogens with one attached hydrogen (secondary N) is 2. The molecule has 1 saturated heterocycles. The molecule has 0 bridgehead atoms. The average molecular weight is 398 g/mol. The van der Waals surface area contributed by atoms with E-state index in [0.29, 0.717) is 13.2 Å². The van der Waals surface area contributed by atoms with Crippen molar-refractivity contribution in [3.05, 3.63) is 30.3 Å². The van der Waals surface area contributed by atoms with Gasteiger partial charge in [-0.15, -0.1) is 10.2 Å². The highest BCUT2D eigenvalue weighted by molar-refractivity contribution is 7.93. The molecule has 2 unspecified atom stereocenters. The second-order valence-corrected chi connectivity index (χ2v) is 8.26. The number of amides is 1. The zero-order valence-electron chi connectivity index (χ0n) is 13.9. The van der Waals surface area contributed by atoms with Crippen LogP contribution >= 0.6 is 11.3 Å². The van der Waals surface area contributed by atoms with Crippen LogP contribution in [0.4, 0.5) is 10.3 Å². The summed E-state index contributed by atoms with van der Waals surface area (Å²) in [7, 11) is -2.30. The molecule has 1 aromatic carbocycles. The van der Waals surface area contributed by atoms with Crippen LogP contribution in [-0.4, -0.2) is 50.9 Å². The Hall–Kier alpha value is -2.08. The summed E-state index contributed by atoms with van der Waals surface area (Å²) >= 11 is 0.922. The molecule has 26 heavy (non-hydrogen) atoms. The summed E-state index contributed by atoms with van der Waals surface area (Å²) in [5.74, 6) is -0.388. The van der Waals surface area contributed by atoms with E-state index in [-0.39, 0.29) is 27.0 Å². The number of methoxy groups -OCH3 is 1. The molecule has 1 amide bonds. The number of carbonyl (C=O) groups is 1. The number of ether oxygens (including phenoxy) is 2. The van der Waals surface area contributed by atoms with Crippen molar-refractivity contribution < 1.29 is 22.7 Å². The number of hydrogen-bond donors (Lipinski definition) is 2. The summed E-state index contributed by atoms with van der Waals surface area (Å²) in [5.41, 5.74) is 0. The first-order valence-corrected chi connectivity index (χ1v) is 10.1. The smallest absolute Gasteiger partial charge is 0.263 e. The predicted octanol–water partition coefficient (Wildman–Crippen LogP) is 1.33. The summed E-state index contributed by atoms with van der Waals surface area (Å²) in [5, 5.41) is 10.4. The second-order valence-electron chi connectivity index (χ2n) is 5.60. The third-order valence-electron chi connectivity index (χ3n) is 3.84. The molecule has 2 N–H and O–H groups in total. The Balaban J connectivity index is 1.65. The molecular weight excluding hydrogens is 380 g/mol. The third-order valence-corrected chi connectivity index (χ3v) is 6.07. The number of carbonyl (C=O) groups excluding carboxylic acids is 1. The molecule has 0 spiro atoms. The first-order chi connectivity index (χ1) is 12.5. The van der Waals surface area contributed by atoms with E-state index >= 15 is 0 Å². The molecule has 3 rings (SSSR count). The van der Waals surface area contributed by atoms with E-state index in [1.54, 1.807) is 18.2 Å². The van der Waals surface area contributed by atoms with Gasteiger partial charge in [0.15, 0.2) is 0 Å². The number of benzene rings is 1. The van der Waals surface area contributed by atoms with Gasteiger partial charge in [0.25, 0.3) is 15.9 Å². The molecule has 1 fully saturated rings. The first kappa shape index (κ1) is 18.7. The SMILES string of the molecule is COC(C(=O)Nc1nnc(NS(=O)(=O)c2ccccc2)s1)C1CCOC1. The maximum atomic E-state index is 12.4. The summed E-state index contributed by atoms with van der Waals surface area (Å²) in [4.78, 5) is 12.5. The van der Waals surface area contributed by atoms with Gasteiger partial charge in [0, 0.05) is 19.6 Å². The van der Waals surface area contributed by atoms with Gasteiger partial charge in [-0.3, -0.25) is 14.8 Å². The van der Waals surface area contributed by atoms with Crippen LogP contribution in [0.1, 0.15) is 6.42 Å². The molecule has 2 heterocycles. The van der Waals surface area contributed by atoms with Crippen molar-refractivity contribution in [1.29, 1.82) is 0 Å². The fraction of sp³-hybridized carbons (Fsp3) is 0.400. The predicted molar refractivity (Wildman–Crippen MR) is 95.5 cm³/mol. The fourth-order valence-corrected chi connectivity index (χ4v) is 4.47. The Bertz CT molecular complexity index is 850. The van der Waals surface area contributed by atoms with Crippen LogP contribution in [0.2, 0.25) is 0 Å². The topological polar surface area (TPSA) is 120 Å². The van der Waals surface area contributed by atoms with Crippen molar-refractivity contribution in [3.8, 4) is 0 Å². The summed E-state index contributed by atoms with van der Waals surface area (Å²) < 4.78 is 37.4. The van der Waals surface area contributed by atoms with Crippen molar-refractivity contribution in [1.82, 2.24) is 10.2 Å². The standard InChI is InChI=1S/C15H18N4O5S2/c1-23-12(10-7-8-24-9-10)13(20)16-14-17-18-15(25-14)19-26(21,22)11-5-3-2-4-6-11/h2-6,10,12H,7-9H2,1H3,(H,18,19)(H,16,17,20). The Morgan fingerprint density at radius 3 is 2.69 bits per heavy atom. The van der Waals surface area contributed by atoms with Crippen molar-refractivity contribution in [3.63, 3.8) is 0 Å². The van der Waals surface area contributed by atoms with Gasteiger partial charge in [0.2, 0.25) is 10.3 Å². The van der Waals surface area contributed by atoms with Gasteiger partial charge in [-0.1, -0.05) is 29.5 Å². The van der Waals surface area contributed by atoms with Gasteiger partial charge in [-0.2, -0.15) is 0 Å². The third kappa shape index (κ3) is 4.36. The minimum Gasteiger partial charge on any atom is -0.381 e. The molecule has 9 nitrogen and oxygen atoms in total. The van der Waals surface area contributed by atoms with Crippen molar-refractivity contribution in [2.75, 3.05) is 30.4 Å². The zero-order chi connectivity index (χ0) is 18.6. The number of rotatable bonds is 7. The summed E-state index contributed by atoms with van der Waals surface area (Å²) in [6.07, 6.45) is 0.0790. The average Bonchev–Trinajstić information content (AvgIpc) is 3.29. The molecule has 0 saturated carbocycles. The molecule has 1 aromatic heterocycles. The Kier molecular flexibility index (Phi) is 5.81. The molecule has 1 aliphatic heterocycles. The second kappa shape index (κ2) is 8.08. The highest BCUT2D eigenvalue weighted by Crippen LogP contribution is 2.25. The Labute approximate surface area is 154 Å². The highest BCUT2D eigenvalue weighted by atomic mass is 32.2. The van der Waals surface area contributed by atoms with Gasteiger partial charge in [-0.05, 0) is 18.6 Å². The molecule has 0 radical (unpaired) electrons. The van der Waals surface area contributed by atoms with Gasteiger partial charge >= 0.3 is 0 Å². The normalized spacial score (nSPS) is 18.4. The minimum absolute atomic E-state index is 0.0241. The number of anilines is 2.